The van der Waals surface area contributed by atoms with Gasteiger partial charge in [-0.3, -0.25) is 0 Å². The summed E-state index contributed by atoms with van der Waals surface area (Å²) in [5.41, 5.74) is -0.0989. The smallest absolute Gasteiger partial charge is 0.335 e. The highest BCUT2D eigenvalue weighted by Crippen LogP contribution is 2.48. The summed E-state index contributed by atoms with van der Waals surface area (Å²) in [6.07, 6.45) is 1.15. The lowest BCUT2D eigenvalue weighted by atomic mass is 10.2. The van der Waals surface area contributed by atoms with Gasteiger partial charge in [0.15, 0.2) is 6.54 Å². The molecule has 0 bridgehead atoms. The van der Waals surface area contributed by atoms with Gasteiger partial charge >= 0.3 is 12.1 Å². The molecule has 0 spiro atoms. The zero-order chi connectivity index (χ0) is 19.8. The number of carbonyl (C=O) groups excluding carboxylic acids is 1. The summed E-state index contributed by atoms with van der Waals surface area (Å²) < 4.78 is 41.7. The third kappa shape index (κ3) is 3.95. The van der Waals surface area contributed by atoms with E-state index in [0.717, 1.165) is 20.4 Å². The lowest BCUT2D eigenvalue weighted by molar-refractivity contribution is -0.433. The molecule has 0 saturated carbocycles. The van der Waals surface area contributed by atoms with Gasteiger partial charge in [0, 0.05) is 11.4 Å². The first-order valence-corrected chi connectivity index (χ1v) is 11.1. The van der Waals surface area contributed by atoms with Crippen LogP contribution in [0.3, 0.4) is 0 Å². The number of benzene rings is 1. The van der Waals surface area contributed by atoms with Crippen molar-refractivity contribution in [3.05, 3.63) is 45.8 Å². The number of carbonyl (C=O) groups is 1. The van der Waals surface area contributed by atoms with E-state index in [-0.39, 0.29) is 5.91 Å². The van der Waals surface area contributed by atoms with Gasteiger partial charge < -0.3 is 4.90 Å². The van der Waals surface area contributed by atoms with Crippen molar-refractivity contribution in [1.29, 1.82) is 0 Å². The molecule has 0 radical (unpaired) electrons. The van der Waals surface area contributed by atoms with E-state index < -0.39 is 11.7 Å². The van der Waals surface area contributed by atoms with Crippen LogP contribution in [0.5, 0.6) is 0 Å². The first-order valence-electron chi connectivity index (χ1n) is 8.29. The van der Waals surface area contributed by atoms with E-state index in [9.17, 15) is 18.0 Å². The second-order valence-electron chi connectivity index (χ2n) is 5.68. The van der Waals surface area contributed by atoms with Crippen molar-refractivity contribution in [2.24, 2.45) is 0 Å². The van der Waals surface area contributed by atoms with Crippen molar-refractivity contribution in [1.82, 2.24) is 0 Å². The molecule has 0 saturated heterocycles. The summed E-state index contributed by atoms with van der Waals surface area (Å²) in [7, 11) is 0. The summed E-state index contributed by atoms with van der Waals surface area (Å²) in [5, 5.41) is 0.813. The lowest BCUT2D eigenvalue weighted by Gasteiger charge is -2.18. The Morgan fingerprint density at radius 2 is 1.96 bits per heavy atom. The standard InChI is InChI=1S/C18H18F3N2OS3/c1-4-22-12-10-11(18(19,20)21)6-7-13(12)26-15(22)9-8-14-16(24)23(5-2)17(25-3)27-14/h6-10H,4-5H2,1-3H3/q+1/b14-8-,15-9-. The first kappa shape index (κ1) is 20.4. The molecule has 0 aromatic heterocycles. The third-order valence-corrected chi connectivity index (χ3v) is 7.49. The van der Waals surface area contributed by atoms with Crippen LogP contribution in [0.1, 0.15) is 19.4 Å². The Kier molecular flexibility index (Phi) is 6.02. The molecule has 3 rings (SSSR count). The van der Waals surface area contributed by atoms with Crippen molar-refractivity contribution >= 4 is 51.3 Å². The molecule has 27 heavy (non-hydrogen) atoms. The van der Waals surface area contributed by atoms with Crippen LogP contribution in [-0.4, -0.2) is 34.2 Å². The molecule has 2 heterocycles. The Labute approximate surface area is 168 Å². The van der Waals surface area contributed by atoms with Gasteiger partial charge in [-0.15, -0.1) is 4.58 Å². The fraction of sp³-hybridized carbons (Fsp3) is 0.333. The van der Waals surface area contributed by atoms with Crippen LogP contribution in [0.25, 0.3) is 0 Å². The number of alkyl halides is 3. The number of hydrogen-bond donors (Lipinski definition) is 0. The van der Waals surface area contributed by atoms with E-state index in [2.05, 4.69) is 0 Å². The summed E-state index contributed by atoms with van der Waals surface area (Å²) in [6, 6.07) is 3.80. The number of halogens is 3. The Hall–Kier alpha value is -1.32. The third-order valence-electron chi connectivity index (χ3n) is 4.12. The Bertz CT molecular complexity index is 875. The molecular weight excluding hydrogens is 413 g/mol. The van der Waals surface area contributed by atoms with E-state index >= 15 is 0 Å². The molecule has 0 N–H and O–H groups in total. The van der Waals surface area contributed by atoms with Crippen LogP contribution >= 0.6 is 35.3 Å². The minimum absolute atomic E-state index is 0.0355. The minimum atomic E-state index is -4.37. The van der Waals surface area contributed by atoms with E-state index in [1.807, 2.05) is 31.1 Å². The minimum Gasteiger partial charge on any atom is -0.335 e. The van der Waals surface area contributed by atoms with Gasteiger partial charge in [0.2, 0.25) is 0 Å². The normalized spacial score (nSPS) is 20.4. The van der Waals surface area contributed by atoms with Gasteiger partial charge in [0.1, 0.15) is 4.91 Å². The van der Waals surface area contributed by atoms with Gasteiger partial charge in [-0.2, -0.15) is 13.2 Å². The van der Waals surface area contributed by atoms with Crippen LogP contribution < -0.4 is 4.90 Å². The number of amides is 1. The van der Waals surface area contributed by atoms with Crippen molar-refractivity contribution in [3.8, 4) is 0 Å². The van der Waals surface area contributed by atoms with Crippen LogP contribution in [0, 0.1) is 0 Å². The molecule has 2 aliphatic heterocycles. The van der Waals surface area contributed by atoms with Gasteiger partial charge in [0.25, 0.3) is 4.38 Å². The summed E-state index contributed by atoms with van der Waals surface area (Å²) >= 11 is 4.37. The largest absolute Gasteiger partial charge is 0.427 e. The number of rotatable bonds is 3. The highest BCUT2D eigenvalue weighted by molar-refractivity contribution is 8.40. The van der Waals surface area contributed by atoms with Crippen LogP contribution in [0.4, 0.5) is 18.9 Å². The molecule has 1 aromatic rings. The Balaban J connectivity index is 1.89. The average molecular weight is 432 g/mol. The molecule has 0 fully saturated rings. The number of likely N-dealkylation sites (N-methyl/N-ethyl adjacent to an activating group) is 1. The number of thioether (sulfide) groups is 3. The van der Waals surface area contributed by atoms with Crippen molar-refractivity contribution in [2.45, 2.75) is 24.9 Å². The van der Waals surface area contributed by atoms with E-state index in [1.54, 1.807) is 10.7 Å². The molecule has 1 aromatic carbocycles. The predicted octanol–water partition coefficient (Wildman–Crippen LogP) is 5.39. The quantitative estimate of drug-likeness (QED) is 0.472. The van der Waals surface area contributed by atoms with Crippen LogP contribution in [-0.2, 0) is 11.0 Å². The van der Waals surface area contributed by atoms with Gasteiger partial charge in [-0.25, -0.2) is 4.79 Å². The summed E-state index contributed by atoms with van der Waals surface area (Å²) in [4.78, 5) is 15.7. The molecule has 144 valence electrons. The van der Waals surface area contributed by atoms with E-state index in [0.29, 0.717) is 23.7 Å². The van der Waals surface area contributed by atoms with Gasteiger partial charge in [-0.1, -0.05) is 23.5 Å². The highest BCUT2D eigenvalue weighted by atomic mass is 32.2. The number of anilines is 1. The molecular formula is C18H18F3N2OS3+. The first-order chi connectivity index (χ1) is 12.8. The molecule has 3 nitrogen and oxygen atoms in total. The highest BCUT2D eigenvalue weighted by Gasteiger charge is 2.37. The maximum absolute atomic E-state index is 13.0. The number of hydrogen-bond acceptors (Lipinski definition) is 5. The average Bonchev–Trinajstić information content (AvgIpc) is 3.14. The summed E-state index contributed by atoms with van der Waals surface area (Å²) in [6.45, 7) is 4.97. The van der Waals surface area contributed by atoms with E-state index in [4.69, 9.17) is 0 Å². The zero-order valence-electron chi connectivity index (χ0n) is 15.0. The summed E-state index contributed by atoms with van der Waals surface area (Å²) in [5.74, 6) is -0.0355. The molecule has 1 amide bonds. The van der Waals surface area contributed by atoms with E-state index in [1.165, 1.54) is 47.4 Å². The number of allylic oxidation sites excluding steroid dienone is 2. The molecule has 0 aliphatic carbocycles. The van der Waals surface area contributed by atoms with Crippen molar-refractivity contribution in [3.63, 3.8) is 0 Å². The number of nitrogens with zero attached hydrogens (tertiary/aromatic N) is 2. The van der Waals surface area contributed by atoms with Crippen molar-refractivity contribution in [2.75, 3.05) is 24.2 Å². The predicted molar refractivity (Wildman–Crippen MR) is 108 cm³/mol. The maximum atomic E-state index is 13.0. The second kappa shape index (κ2) is 7.97. The molecule has 0 atom stereocenters. The topological polar surface area (TPSA) is 23.3 Å². The van der Waals surface area contributed by atoms with Gasteiger partial charge in [0.05, 0.1) is 16.3 Å². The SMILES string of the molecule is CCN1/C(=C/C=C2\SC(SC)=[N+](CC)C2=O)Sc2ccc(C(F)(F)F)cc21. The second-order valence-corrected chi connectivity index (χ2v) is 8.83. The zero-order valence-corrected chi connectivity index (χ0v) is 17.4. The number of fused-ring (bicyclic) bond motifs is 1. The fourth-order valence-electron chi connectivity index (χ4n) is 2.81. The Morgan fingerprint density at radius 1 is 1.22 bits per heavy atom. The monoisotopic (exact) mass is 431 g/mol. The maximum Gasteiger partial charge on any atom is 0.427 e. The van der Waals surface area contributed by atoms with Crippen LogP contribution in [0.2, 0.25) is 0 Å². The van der Waals surface area contributed by atoms with Crippen LogP contribution in [0.15, 0.2) is 45.2 Å². The molecule has 2 aliphatic rings. The fourth-order valence-corrected chi connectivity index (χ4v) is 5.80. The van der Waals surface area contributed by atoms with Gasteiger partial charge in [-0.05, 0) is 62.2 Å². The lowest BCUT2D eigenvalue weighted by Crippen LogP contribution is -2.18. The Morgan fingerprint density at radius 3 is 2.52 bits per heavy atom. The molecule has 9 heteroatoms. The van der Waals surface area contributed by atoms with Crippen molar-refractivity contribution < 1.29 is 22.5 Å². The molecule has 0 unspecified atom stereocenters.